The van der Waals surface area contributed by atoms with Gasteiger partial charge in [0.1, 0.15) is 6.61 Å². The molecule has 0 aliphatic carbocycles. The molecular formula is C14H31N3O2. The van der Waals surface area contributed by atoms with Crippen molar-refractivity contribution < 1.29 is 9.53 Å². The Morgan fingerprint density at radius 1 is 1.11 bits per heavy atom. The Morgan fingerprint density at radius 2 is 1.58 bits per heavy atom. The molecule has 0 heterocycles. The molecule has 0 aromatic heterocycles. The van der Waals surface area contributed by atoms with E-state index in [1.54, 1.807) is 0 Å². The third kappa shape index (κ3) is 10.8. The van der Waals surface area contributed by atoms with Crippen LogP contribution in [0.2, 0.25) is 0 Å². The number of ether oxygens (including phenoxy) is 1. The zero-order chi connectivity index (χ0) is 14.6. The molecule has 0 bridgehead atoms. The lowest BCUT2D eigenvalue weighted by Crippen LogP contribution is -2.44. The van der Waals surface area contributed by atoms with Gasteiger partial charge in [0.05, 0.1) is 0 Å². The summed E-state index contributed by atoms with van der Waals surface area (Å²) < 4.78 is 4.98. The van der Waals surface area contributed by atoms with Crippen LogP contribution in [-0.2, 0) is 4.74 Å². The summed E-state index contributed by atoms with van der Waals surface area (Å²) in [4.78, 5) is 10.8. The Kier molecular flexibility index (Phi) is 10.6. The molecule has 0 aromatic carbocycles. The Bertz CT molecular complexity index is 223. The zero-order valence-electron chi connectivity index (χ0n) is 12.8. The second kappa shape index (κ2) is 11.1. The molecule has 0 aliphatic heterocycles. The van der Waals surface area contributed by atoms with E-state index in [9.17, 15) is 4.79 Å². The fraction of sp³-hybridized carbons (Fsp3) is 0.929. The average Bonchev–Trinajstić information content (AvgIpc) is 2.38. The number of amides is 1. The number of carbonyl (C=O) groups is 1. The maximum absolute atomic E-state index is 10.8. The van der Waals surface area contributed by atoms with Crippen LogP contribution in [0.5, 0.6) is 0 Å². The number of unbranched alkanes of at least 4 members (excludes halogenated alkanes) is 2. The van der Waals surface area contributed by atoms with Crippen molar-refractivity contribution >= 4 is 6.09 Å². The first kappa shape index (κ1) is 18.2. The largest absolute Gasteiger partial charge is 0.449 e. The zero-order valence-corrected chi connectivity index (χ0v) is 12.8. The summed E-state index contributed by atoms with van der Waals surface area (Å²) in [6.45, 7) is 10.4. The number of nitrogens with two attached hydrogens (primary N) is 1. The van der Waals surface area contributed by atoms with Gasteiger partial charge in [0.2, 0.25) is 0 Å². The SMILES string of the molecule is CCCCNCC(C)(CNCCCC)COC(N)=O. The maximum Gasteiger partial charge on any atom is 0.404 e. The van der Waals surface area contributed by atoms with Gasteiger partial charge in [-0.05, 0) is 25.9 Å². The number of nitrogens with one attached hydrogen (secondary N) is 2. The molecule has 4 N–H and O–H groups in total. The number of carbonyl (C=O) groups excluding carboxylic acids is 1. The van der Waals surface area contributed by atoms with Crippen molar-refractivity contribution in [1.29, 1.82) is 0 Å². The highest BCUT2D eigenvalue weighted by molar-refractivity contribution is 5.64. The van der Waals surface area contributed by atoms with Gasteiger partial charge in [-0.1, -0.05) is 33.6 Å². The lowest BCUT2D eigenvalue weighted by molar-refractivity contribution is 0.0958. The third-order valence-electron chi connectivity index (χ3n) is 3.08. The van der Waals surface area contributed by atoms with Crippen molar-refractivity contribution in [2.45, 2.75) is 46.5 Å². The number of primary amides is 1. The van der Waals surface area contributed by atoms with Crippen molar-refractivity contribution in [2.75, 3.05) is 32.8 Å². The Morgan fingerprint density at radius 3 is 1.95 bits per heavy atom. The summed E-state index contributed by atoms with van der Waals surface area (Å²) in [6.07, 6.45) is 3.98. The minimum atomic E-state index is -0.701. The highest BCUT2D eigenvalue weighted by Crippen LogP contribution is 2.14. The molecule has 0 saturated heterocycles. The fourth-order valence-corrected chi connectivity index (χ4v) is 1.79. The van der Waals surface area contributed by atoms with Crippen LogP contribution < -0.4 is 16.4 Å². The second-order valence-corrected chi connectivity index (χ2v) is 5.48. The molecule has 0 unspecified atom stereocenters. The van der Waals surface area contributed by atoms with Gasteiger partial charge in [0.15, 0.2) is 0 Å². The van der Waals surface area contributed by atoms with E-state index in [1.165, 1.54) is 12.8 Å². The molecule has 0 spiro atoms. The molecule has 19 heavy (non-hydrogen) atoms. The van der Waals surface area contributed by atoms with Crippen LogP contribution in [0.4, 0.5) is 4.79 Å². The van der Waals surface area contributed by atoms with Gasteiger partial charge < -0.3 is 21.1 Å². The minimum Gasteiger partial charge on any atom is -0.449 e. The highest BCUT2D eigenvalue weighted by Gasteiger charge is 2.25. The number of hydrogen-bond donors (Lipinski definition) is 3. The van der Waals surface area contributed by atoms with E-state index in [1.807, 2.05) is 0 Å². The van der Waals surface area contributed by atoms with E-state index < -0.39 is 6.09 Å². The maximum atomic E-state index is 10.8. The molecule has 0 aliphatic rings. The van der Waals surface area contributed by atoms with E-state index in [2.05, 4.69) is 31.4 Å². The van der Waals surface area contributed by atoms with Crippen molar-refractivity contribution in [3.63, 3.8) is 0 Å². The molecule has 0 radical (unpaired) electrons. The van der Waals surface area contributed by atoms with Gasteiger partial charge >= 0.3 is 6.09 Å². The Balaban J connectivity index is 4.07. The topological polar surface area (TPSA) is 76.4 Å². The predicted molar refractivity (Wildman–Crippen MR) is 79.2 cm³/mol. The Hall–Kier alpha value is -0.810. The smallest absolute Gasteiger partial charge is 0.404 e. The van der Waals surface area contributed by atoms with Crippen LogP contribution in [0.25, 0.3) is 0 Å². The fourth-order valence-electron chi connectivity index (χ4n) is 1.79. The number of hydrogen-bond acceptors (Lipinski definition) is 4. The lowest BCUT2D eigenvalue weighted by Gasteiger charge is -2.29. The third-order valence-corrected chi connectivity index (χ3v) is 3.08. The van der Waals surface area contributed by atoms with Crippen molar-refractivity contribution in [2.24, 2.45) is 11.1 Å². The van der Waals surface area contributed by atoms with Gasteiger partial charge in [0.25, 0.3) is 0 Å². The molecule has 5 heteroatoms. The van der Waals surface area contributed by atoms with Crippen LogP contribution in [0.15, 0.2) is 0 Å². The summed E-state index contributed by atoms with van der Waals surface area (Å²) in [5, 5.41) is 6.84. The molecular weight excluding hydrogens is 242 g/mol. The molecule has 1 amide bonds. The highest BCUT2D eigenvalue weighted by atomic mass is 16.5. The minimum absolute atomic E-state index is 0.115. The van der Waals surface area contributed by atoms with E-state index >= 15 is 0 Å². The van der Waals surface area contributed by atoms with Gasteiger partial charge in [-0.25, -0.2) is 4.79 Å². The monoisotopic (exact) mass is 273 g/mol. The van der Waals surface area contributed by atoms with Crippen molar-refractivity contribution in [3.05, 3.63) is 0 Å². The van der Waals surface area contributed by atoms with Crippen molar-refractivity contribution in [1.82, 2.24) is 10.6 Å². The van der Waals surface area contributed by atoms with Crippen LogP contribution in [0.3, 0.4) is 0 Å². The first-order valence-corrected chi connectivity index (χ1v) is 7.37. The molecule has 0 saturated carbocycles. The molecule has 5 nitrogen and oxygen atoms in total. The molecule has 114 valence electrons. The first-order chi connectivity index (χ1) is 9.04. The van der Waals surface area contributed by atoms with E-state index in [0.717, 1.165) is 39.0 Å². The average molecular weight is 273 g/mol. The van der Waals surface area contributed by atoms with E-state index in [0.29, 0.717) is 6.61 Å². The van der Waals surface area contributed by atoms with Crippen LogP contribution in [0, 0.1) is 5.41 Å². The normalized spacial score (nSPS) is 11.5. The summed E-state index contributed by atoms with van der Waals surface area (Å²) in [5.41, 5.74) is 4.94. The summed E-state index contributed by atoms with van der Waals surface area (Å²) in [5.74, 6) is 0. The lowest BCUT2D eigenvalue weighted by atomic mass is 9.91. The van der Waals surface area contributed by atoms with E-state index in [4.69, 9.17) is 10.5 Å². The molecule has 0 rings (SSSR count). The van der Waals surface area contributed by atoms with Crippen LogP contribution in [0.1, 0.15) is 46.5 Å². The first-order valence-electron chi connectivity index (χ1n) is 7.37. The van der Waals surface area contributed by atoms with Crippen LogP contribution >= 0.6 is 0 Å². The second-order valence-electron chi connectivity index (χ2n) is 5.48. The standard InChI is InChI=1S/C14H31N3O2/c1-4-6-8-16-10-14(3,12-19-13(15)18)11-17-9-7-5-2/h16-17H,4-12H2,1-3H3,(H2,15,18). The molecule has 0 aromatic rings. The van der Waals surface area contributed by atoms with Gasteiger partial charge in [-0.3, -0.25) is 0 Å². The quantitative estimate of drug-likeness (QED) is 0.474. The molecule has 0 fully saturated rings. The number of rotatable bonds is 12. The van der Waals surface area contributed by atoms with E-state index in [-0.39, 0.29) is 5.41 Å². The summed E-state index contributed by atoms with van der Waals surface area (Å²) >= 11 is 0. The van der Waals surface area contributed by atoms with Gasteiger partial charge in [-0.15, -0.1) is 0 Å². The predicted octanol–water partition coefficient (Wildman–Crippen LogP) is 1.87. The van der Waals surface area contributed by atoms with Gasteiger partial charge in [-0.2, -0.15) is 0 Å². The Labute approximate surface area is 117 Å². The van der Waals surface area contributed by atoms with Gasteiger partial charge in [0, 0.05) is 18.5 Å². The summed E-state index contributed by atoms with van der Waals surface area (Å²) in [6, 6.07) is 0. The van der Waals surface area contributed by atoms with Crippen LogP contribution in [-0.4, -0.2) is 38.9 Å². The molecule has 0 atom stereocenters. The van der Waals surface area contributed by atoms with Crippen molar-refractivity contribution in [3.8, 4) is 0 Å². The summed E-state index contributed by atoms with van der Waals surface area (Å²) in [7, 11) is 0.